The molecule has 0 aliphatic rings. The average molecular weight is 611 g/mol. The maximum Gasteiger partial charge on any atom is 0.332 e. The zero-order valence-corrected chi connectivity index (χ0v) is 25.8. The number of carbonyl (C=O) groups is 1. The van der Waals surface area contributed by atoms with E-state index < -0.39 is 12.0 Å². The predicted molar refractivity (Wildman–Crippen MR) is 181 cm³/mol. The van der Waals surface area contributed by atoms with Crippen molar-refractivity contribution in [1.29, 1.82) is 5.26 Å². The number of halogens is 1. The lowest BCUT2D eigenvalue weighted by molar-refractivity contribution is -0.138. The smallest absolute Gasteiger partial charge is 0.332 e. The summed E-state index contributed by atoms with van der Waals surface area (Å²) in [5, 5.41) is 22.6. The molecule has 0 aliphatic carbocycles. The summed E-state index contributed by atoms with van der Waals surface area (Å²) in [5.74, 6) is -0.574. The van der Waals surface area contributed by atoms with Crippen molar-refractivity contribution in [2.45, 2.75) is 32.2 Å². The SMILES string of the molecule is CCCCc1ccc2nc(N(C)C(C(=O)O)c3cc(-c4ccccc4)c4cc(Cl)ccc4n3)cc(-c3cccc(C#N)c3)c2c1. The number of carboxylic acid groups (broad SMARTS) is 1. The Bertz CT molecular complexity index is 2090. The van der Waals surface area contributed by atoms with Crippen molar-refractivity contribution in [2.75, 3.05) is 11.9 Å². The largest absolute Gasteiger partial charge is 0.479 e. The number of aromatic nitrogens is 2. The molecule has 1 N–H and O–H groups in total. The van der Waals surface area contributed by atoms with Crippen LogP contribution in [0.4, 0.5) is 5.82 Å². The lowest BCUT2D eigenvalue weighted by atomic mass is 9.96. The molecule has 0 spiro atoms. The van der Waals surface area contributed by atoms with Crippen LogP contribution in [0.25, 0.3) is 44.1 Å². The molecule has 0 saturated heterocycles. The van der Waals surface area contributed by atoms with E-state index in [1.54, 1.807) is 24.1 Å². The third-order valence-electron chi connectivity index (χ3n) is 8.12. The number of likely N-dealkylation sites (N-methyl/N-ethyl adjacent to an activating group) is 1. The fraction of sp³-hybridized carbons (Fsp3) is 0.158. The van der Waals surface area contributed by atoms with Gasteiger partial charge in [-0.05, 0) is 95.3 Å². The monoisotopic (exact) mass is 610 g/mol. The lowest BCUT2D eigenvalue weighted by Gasteiger charge is -2.27. The number of carboxylic acids is 1. The molecule has 1 atom stereocenters. The van der Waals surface area contributed by atoms with Crippen LogP contribution in [-0.4, -0.2) is 28.1 Å². The summed E-state index contributed by atoms with van der Waals surface area (Å²) in [4.78, 5) is 24.5. The zero-order valence-electron chi connectivity index (χ0n) is 25.0. The molecule has 4 aromatic carbocycles. The number of anilines is 1. The van der Waals surface area contributed by atoms with Crippen LogP contribution in [0.2, 0.25) is 5.02 Å². The topological polar surface area (TPSA) is 90.1 Å². The first-order chi connectivity index (χ1) is 21.9. The normalized spacial score (nSPS) is 11.8. The van der Waals surface area contributed by atoms with Crippen LogP contribution in [0.1, 0.15) is 42.6 Å². The van der Waals surface area contributed by atoms with Crippen LogP contribution >= 0.6 is 11.6 Å². The molecule has 222 valence electrons. The van der Waals surface area contributed by atoms with Crippen LogP contribution in [0.5, 0.6) is 0 Å². The summed E-state index contributed by atoms with van der Waals surface area (Å²) in [6, 6.07) is 33.8. The fourth-order valence-corrected chi connectivity index (χ4v) is 5.98. The summed E-state index contributed by atoms with van der Waals surface area (Å²) < 4.78 is 0. The minimum atomic E-state index is -1.14. The van der Waals surface area contributed by atoms with Crippen molar-refractivity contribution in [2.24, 2.45) is 0 Å². The maximum absolute atomic E-state index is 13.0. The molecular formula is C38H31ClN4O2. The second-order valence-corrected chi connectivity index (χ2v) is 11.6. The molecular weight excluding hydrogens is 580 g/mol. The van der Waals surface area contributed by atoms with Gasteiger partial charge in [-0.25, -0.2) is 14.8 Å². The number of pyridine rings is 2. The molecule has 45 heavy (non-hydrogen) atoms. The highest BCUT2D eigenvalue weighted by Crippen LogP contribution is 2.37. The first-order valence-corrected chi connectivity index (χ1v) is 15.3. The van der Waals surface area contributed by atoms with Gasteiger partial charge in [0.2, 0.25) is 0 Å². The molecule has 0 radical (unpaired) electrons. The maximum atomic E-state index is 13.0. The summed E-state index contributed by atoms with van der Waals surface area (Å²) in [7, 11) is 1.73. The van der Waals surface area contributed by atoms with Crippen LogP contribution < -0.4 is 4.90 Å². The Morgan fingerprint density at radius 2 is 1.58 bits per heavy atom. The number of rotatable bonds is 9. The summed E-state index contributed by atoms with van der Waals surface area (Å²) in [6.07, 6.45) is 3.13. The van der Waals surface area contributed by atoms with Gasteiger partial charge in [-0.3, -0.25) is 0 Å². The second kappa shape index (κ2) is 12.8. The van der Waals surface area contributed by atoms with E-state index in [-0.39, 0.29) is 0 Å². The van der Waals surface area contributed by atoms with E-state index in [1.807, 2.05) is 78.9 Å². The molecule has 6 nitrogen and oxygen atoms in total. The number of hydrogen-bond acceptors (Lipinski definition) is 5. The molecule has 1 unspecified atom stereocenters. The van der Waals surface area contributed by atoms with E-state index in [0.29, 0.717) is 27.6 Å². The highest BCUT2D eigenvalue weighted by Gasteiger charge is 2.29. The van der Waals surface area contributed by atoms with Crippen molar-refractivity contribution < 1.29 is 9.90 Å². The van der Waals surface area contributed by atoms with Gasteiger partial charge in [0.1, 0.15) is 5.82 Å². The Morgan fingerprint density at radius 1 is 0.867 bits per heavy atom. The van der Waals surface area contributed by atoms with Crippen LogP contribution in [0.3, 0.4) is 0 Å². The number of nitrogens with zero attached hydrogens (tertiary/aromatic N) is 4. The Balaban J connectivity index is 1.53. The molecule has 0 aliphatic heterocycles. The number of unbranched alkanes of at least 4 members (excludes halogenated alkanes) is 1. The Kier molecular flexibility index (Phi) is 8.46. The summed E-state index contributed by atoms with van der Waals surface area (Å²) in [5.41, 5.74) is 7.05. The molecule has 2 aromatic heterocycles. The van der Waals surface area contributed by atoms with Crippen molar-refractivity contribution in [3.8, 4) is 28.3 Å². The zero-order chi connectivity index (χ0) is 31.5. The quantitative estimate of drug-likeness (QED) is 0.175. The van der Waals surface area contributed by atoms with Gasteiger partial charge in [0.25, 0.3) is 0 Å². The van der Waals surface area contributed by atoms with Gasteiger partial charge in [0, 0.05) is 22.8 Å². The van der Waals surface area contributed by atoms with E-state index in [9.17, 15) is 15.2 Å². The first kappa shape index (κ1) is 29.8. The lowest BCUT2D eigenvalue weighted by Crippen LogP contribution is -2.32. The van der Waals surface area contributed by atoms with Gasteiger partial charge >= 0.3 is 5.97 Å². The standard InChI is InChI=1S/C38H31ClN4O2/c1-3-4-9-24-14-16-34-31(19-24)30(27-13-8-10-25(18-27)23-40)22-36(42-34)43(2)37(38(44)45)35-21-29(26-11-6-5-7-12-26)32-20-28(39)15-17-33(32)41-35/h5-8,10-22,37H,3-4,9H2,1-2H3,(H,44,45). The first-order valence-electron chi connectivity index (χ1n) is 14.9. The number of aliphatic carboxylic acids is 1. The van der Waals surface area contributed by atoms with Crippen molar-refractivity contribution in [3.63, 3.8) is 0 Å². The third kappa shape index (κ3) is 6.08. The van der Waals surface area contributed by atoms with Gasteiger partial charge in [-0.15, -0.1) is 0 Å². The minimum Gasteiger partial charge on any atom is -0.479 e. The molecule has 6 rings (SSSR count). The van der Waals surface area contributed by atoms with E-state index in [1.165, 1.54) is 5.56 Å². The number of fused-ring (bicyclic) bond motifs is 2. The van der Waals surface area contributed by atoms with Gasteiger partial charge in [0.15, 0.2) is 6.04 Å². The highest BCUT2D eigenvalue weighted by atomic mass is 35.5. The number of nitriles is 1. The second-order valence-electron chi connectivity index (χ2n) is 11.1. The molecule has 0 fully saturated rings. The number of benzene rings is 4. The van der Waals surface area contributed by atoms with Crippen molar-refractivity contribution in [3.05, 3.63) is 125 Å². The van der Waals surface area contributed by atoms with Crippen LogP contribution in [0.15, 0.2) is 103 Å². The van der Waals surface area contributed by atoms with Gasteiger partial charge in [-0.2, -0.15) is 5.26 Å². The van der Waals surface area contributed by atoms with Gasteiger partial charge in [0.05, 0.1) is 28.4 Å². The van der Waals surface area contributed by atoms with Gasteiger partial charge in [-0.1, -0.05) is 73.5 Å². The van der Waals surface area contributed by atoms with Crippen LogP contribution in [0, 0.1) is 11.3 Å². The molecule has 0 amide bonds. The van der Waals surface area contributed by atoms with Gasteiger partial charge < -0.3 is 10.0 Å². The Hall–Kier alpha value is -5.25. The molecule has 7 heteroatoms. The Morgan fingerprint density at radius 3 is 2.33 bits per heavy atom. The fourth-order valence-electron chi connectivity index (χ4n) is 5.81. The number of aryl methyl sites for hydroxylation is 1. The van der Waals surface area contributed by atoms with Crippen LogP contribution in [-0.2, 0) is 11.2 Å². The molecule has 0 bridgehead atoms. The number of hydrogen-bond donors (Lipinski definition) is 1. The molecule has 0 saturated carbocycles. The van der Waals surface area contributed by atoms with E-state index in [4.69, 9.17) is 21.6 Å². The van der Waals surface area contributed by atoms with E-state index in [2.05, 4.69) is 25.1 Å². The third-order valence-corrected chi connectivity index (χ3v) is 8.35. The molecule has 2 heterocycles. The summed E-state index contributed by atoms with van der Waals surface area (Å²) in [6.45, 7) is 2.17. The van der Waals surface area contributed by atoms with E-state index in [0.717, 1.165) is 57.8 Å². The molecule has 6 aromatic rings. The Labute approximate surface area is 267 Å². The summed E-state index contributed by atoms with van der Waals surface area (Å²) >= 11 is 6.37. The average Bonchev–Trinajstić information content (AvgIpc) is 3.06. The van der Waals surface area contributed by atoms with E-state index >= 15 is 0 Å². The predicted octanol–water partition coefficient (Wildman–Crippen LogP) is 9.25. The van der Waals surface area contributed by atoms with Crippen molar-refractivity contribution >= 4 is 45.2 Å². The minimum absolute atomic E-state index is 0.378. The highest BCUT2D eigenvalue weighted by molar-refractivity contribution is 6.31. The van der Waals surface area contributed by atoms with Crippen molar-refractivity contribution in [1.82, 2.24) is 9.97 Å².